The molecule has 1 aliphatic heterocycles. The van der Waals surface area contributed by atoms with Crippen LogP contribution in [0.4, 0.5) is 0 Å². The van der Waals surface area contributed by atoms with Gasteiger partial charge in [-0.25, -0.2) is 4.98 Å². The van der Waals surface area contributed by atoms with Crippen molar-refractivity contribution in [1.82, 2.24) is 10.3 Å². The molecule has 3 unspecified atom stereocenters. The van der Waals surface area contributed by atoms with Crippen LogP contribution >= 0.6 is 0 Å². The highest BCUT2D eigenvalue weighted by molar-refractivity contribution is 5.92. The zero-order chi connectivity index (χ0) is 14.2. The number of carbonyl (C=O) groups is 1. The fraction of sp³-hybridized carbons (Fsp3) is 0.750. The summed E-state index contributed by atoms with van der Waals surface area (Å²) in [6, 6.07) is 0.347. The van der Waals surface area contributed by atoms with E-state index in [-0.39, 0.29) is 5.91 Å². The second-order valence-corrected chi connectivity index (χ2v) is 6.71. The van der Waals surface area contributed by atoms with Gasteiger partial charge in [-0.15, -0.1) is 0 Å². The molecule has 1 amide bonds. The Balaban J connectivity index is 1.39. The van der Waals surface area contributed by atoms with E-state index in [0.29, 0.717) is 29.5 Å². The number of carbonyl (C=O) groups excluding carboxylic acids is 1. The Kier molecular flexibility index (Phi) is 3.45. The van der Waals surface area contributed by atoms with Gasteiger partial charge >= 0.3 is 0 Å². The lowest BCUT2D eigenvalue weighted by atomic mass is 9.95. The lowest BCUT2D eigenvalue weighted by Crippen LogP contribution is -2.38. The molecule has 1 N–H and O–H groups in total. The zero-order valence-electron chi connectivity index (χ0n) is 12.2. The Hall–Kier alpha value is -1.36. The summed E-state index contributed by atoms with van der Waals surface area (Å²) in [7, 11) is 0. The van der Waals surface area contributed by atoms with Crippen molar-refractivity contribution < 1.29 is 13.9 Å². The number of hydrogen-bond donors (Lipinski definition) is 1. The van der Waals surface area contributed by atoms with Gasteiger partial charge in [0.1, 0.15) is 6.26 Å². The fourth-order valence-corrected chi connectivity index (χ4v) is 4.19. The number of oxazole rings is 1. The first-order valence-corrected chi connectivity index (χ1v) is 8.13. The van der Waals surface area contributed by atoms with Crippen LogP contribution in [0.15, 0.2) is 10.7 Å². The van der Waals surface area contributed by atoms with Crippen molar-refractivity contribution in [1.29, 1.82) is 0 Å². The van der Waals surface area contributed by atoms with E-state index in [1.807, 2.05) is 0 Å². The minimum Gasteiger partial charge on any atom is -0.448 e. The molecule has 1 saturated heterocycles. The lowest BCUT2D eigenvalue weighted by Gasteiger charge is -2.22. The van der Waals surface area contributed by atoms with E-state index < -0.39 is 0 Å². The maximum absolute atomic E-state index is 12.3. The van der Waals surface area contributed by atoms with Gasteiger partial charge < -0.3 is 14.5 Å². The minimum absolute atomic E-state index is 0.0744. The van der Waals surface area contributed by atoms with Crippen LogP contribution in [-0.2, 0) is 4.74 Å². The van der Waals surface area contributed by atoms with Gasteiger partial charge in [-0.05, 0) is 43.9 Å². The van der Waals surface area contributed by atoms with Gasteiger partial charge in [-0.1, -0.05) is 6.42 Å². The summed E-state index contributed by atoms with van der Waals surface area (Å²) in [4.78, 5) is 16.7. The SMILES string of the molecule is O=C(NC1CC2CCC1C2)c1coc(C2CCOCC2)n1. The molecule has 5 nitrogen and oxygen atoms in total. The average molecular weight is 290 g/mol. The second-order valence-electron chi connectivity index (χ2n) is 6.71. The maximum atomic E-state index is 12.3. The van der Waals surface area contributed by atoms with Crippen LogP contribution < -0.4 is 5.32 Å². The van der Waals surface area contributed by atoms with E-state index in [2.05, 4.69) is 10.3 Å². The number of nitrogens with zero attached hydrogens (tertiary/aromatic N) is 1. The molecule has 2 heterocycles. The predicted octanol–water partition coefficient (Wildman–Crippen LogP) is 2.49. The van der Waals surface area contributed by atoms with Crippen LogP contribution in [0.3, 0.4) is 0 Å². The van der Waals surface area contributed by atoms with Crippen LogP contribution in [0.5, 0.6) is 0 Å². The molecular weight excluding hydrogens is 268 g/mol. The average Bonchev–Trinajstić information content (AvgIpc) is 3.24. The van der Waals surface area contributed by atoms with E-state index in [9.17, 15) is 4.79 Å². The molecule has 1 aromatic rings. The summed E-state index contributed by atoms with van der Waals surface area (Å²) in [5.41, 5.74) is 0.430. The zero-order valence-corrected chi connectivity index (χ0v) is 12.2. The van der Waals surface area contributed by atoms with Crippen LogP contribution in [0.25, 0.3) is 0 Å². The van der Waals surface area contributed by atoms with Crippen molar-refractivity contribution in [3.8, 4) is 0 Å². The molecule has 21 heavy (non-hydrogen) atoms. The summed E-state index contributed by atoms with van der Waals surface area (Å²) >= 11 is 0. The third kappa shape index (κ3) is 2.59. The molecule has 4 rings (SSSR count). The Labute approximate surface area is 124 Å². The van der Waals surface area contributed by atoms with Crippen LogP contribution in [0.2, 0.25) is 0 Å². The Morgan fingerprint density at radius 3 is 2.76 bits per heavy atom. The number of nitrogens with one attached hydrogen (secondary N) is 1. The third-order valence-electron chi connectivity index (χ3n) is 5.38. The monoisotopic (exact) mass is 290 g/mol. The van der Waals surface area contributed by atoms with Crippen molar-refractivity contribution in [2.75, 3.05) is 13.2 Å². The van der Waals surface area contributed by atoms with Crippen molar-refractivity contribution in [2.24, 2.45) is 11.8 Å². The van der Waals surface area contributed by atoms with E-state index in [4.69, 9.17) is 9.15 Å². The molecule has 0 radical (unpaired) electrons. The van der Waals surface area contributed by atoms with Gasteiger partial charge in [0.05, 0.1) is 0 Å². The maximum Gasteiger partial charge on any atom is 0.273 e. The molecule has 5 heteroatoms. The Morgan fingerprint density at radius 2 is 2.05 bits per heavy atom. The van der Waals surface area contributed by atoms with Gasteiger partial charge in [0.25, 0.3) is 5.91 Å². The normalized spacial score (nSPS) is 32.5. The summed E-state index contributed by atoms with van der Waals surface area (Å²) in [6.45, 7) is 1.50. The summed E-state index contributed by atoms with van der Waals surface area (Å²) < 4.78 is 10.9. The number of ether oxygens (including phenoxy) is 1. The molecule has 3 aliphatic rings. The van der Waals surface area contributed by atoms with Crippen LogP contribution in [-0.4, -0.2) is 30.1 Å². The van der Waals surface area contributed by atoms with Gasteiger partial charge in [-0.2, -0.15) is 0 Å². The van der Waals surface area contributed by atoms with Gasteiger partial charge in [0.2, 0.25) is 0 Å². The smallest absolute Gasteiger partial charge is 0.273 e. The molecule has 3 atom stereocenters. The highest BCUT2D eigenvalue weighted by Gasteiger charge is 2.40. The standard InChI is InChI=1S/C16H22N2O3/c19-15(17-13-8-10-1-2-12(13)7-10)14-9-21-16(18-14)11-3-5-20-6-4-11/h9-13H,1-8H2,(H,17,19). The lowest BCUT2D eigenvalue weighted by molar-refractivity contribution is 0.0794. The predicted molar refractivity (Wildman–Crippen MR) is 76.0 cm³/mol. The van der Waals surface area contributed by atoms with Gasteiger partial charge in [0.15, 0.2) is 11.6 Å². The van der Waals surface area contributed by atoms with Gasteiger partial charge in [-0.3, -0.25) is 4.79 Å². The molecule has 0 aromatic carbocycles. The first-order chi connectivity index (χ1) is 10.3. The fourth-order valence-electron chi connectivity index (χ4n) is 4.19. The first kappa shape index (κ1) is 13.3. The number of aromatic nitrogens is 1. The topological polar surface area (TPSA) is 64.4 Å². The number of amides is 1. The van der Waals surface area contributed by atoms with E-state index in [1.54, 1.807) is 0 Å². The molecule has 2 aliphatic carbocycles. The summed E-state index contributed by atoms with van der Waals surface area (Å²) in [5, 5.41) is 3.16. The van der Waals surface area contributed by atoms with Crippen molar-refractivity contribution >= 4 is 5.91 Å². The Morgan fingerprint density at radius 1 is 1.19 bits per heavy atom. The largest absolute Gasteiger partial charge is 0.448 e. The highest BCUT2D eigenvalue weighted by atomic mass is 16.5. The van der Waals surface area contributed by atoms with Gasteiger partial charge in [0, 0.05) is 25.2 Å². The summed E-state index contributed by atoms with van der Waals surface area (Å²) in [6.07, 6.45) is 8.39. The number of hydrogen-bond acceptors (Lipinski definition) is 4. The minimum atomic E-state index is -0.0744. The van der Waals surface area contributed by atoms with E-state index in [1.165, 1.54) is 25.5 Å². The van der Waals surface area contributed by atoms with E-state index >= 15 is 0 Å². The summed E-state index contributed by atoms with van der Waals surface area (Å²) in [5.74, 6) is 2.42. The molecule has 2 bridgehead atoms. The third-order valence-corrected chi connectivity index (χ3v) is 5.38. The Bertz CT molecular complexity index is 521. The van der Waals surface area contributed by atoms with Crippen LogP contribution in [0.1, 0.15) is 60.8 Å². The molecule has 114 valence electrons. The highest BCUT2D eigenvalue weighted by Crippen LogP contribution is 2.44. The quantitative estimate of drug-likeness (QED) is 0.929. The molecule has 3 fully saturated rings. The number of rotatable bonds is 3. The van der Waals surface area contributed by atoms with E-state index in [0.717, 1.165) is 38.4 Å². The number of fused-ring (bicyclic) bond motifs is 2. The molecule has 1 aromatic heterocycles. The second kappa shape index (κ2) is 5.44. The van der Waals surface area contributed by atoms with Crippen molar-refractivity contribution in [3.63, 3.8) is 0 Å². The van der Waals surface area contributed by atoms with Crippen molar-refractivity contribution in [3.05, 3.63) is 17.8 Å². The molecular formula is C16H22N2O3. The van der Waals surface area contributed by atoms with Crippen molar-refractivity contribution in [2.45, 2.75) is 50.5 Å². The first-order valence-electron chi connectivity index (χ1n) is 8.13. The molecule has 0 spiro atoms. The van der Waals surface area contributed by atoms with Crippen LogP contribution in [0, 0.1) is 11.8 Å². The molecule has 2 saturated carbocycles.